The van der Waals surface area contributed by atoms with E-state index in [0.717, 1.165) is 6.08 Å². The van der Waals surface area contributed by atoms with E-state index < -0.39 is 36.2 Å². The Hall–Kier alpha value is -2.97. The fourth-order valence-electron chi connectivity index (χ4n) is 2.57. The molecule has 0 aliphatic heterocycles. The average Bonchev–Trinajstić information content (AvgIpc) is 2.62. The lowest BCUT2D eigenvalue weighted by molar-refractivity contribution is -0.157. The first-order valence-corrected chi connectivity index (χ1v) is 8.13. The van der Waals surface area contributed by atoms with Gasteiger partial charge in [0.05, 0.1) is 13.2 Å². The summed E-state index contributed by atoms with van der Waals surface area (Å²) in [4.78, 5) is 34.6. The summed E-state index contributed by atoms with van der Waals surface area (Å²) in [5, 5.41) is 20.1. The molecule has 0 radical (unpaired) electrons. The monoisotopic (exact) mass is 376 g/mol. The summed E-state index contributed by atoms with van der Waals surface area (Å²) in [6.45, 7) is 1.26. The number of benzene rings is 1. The number of esters is 3. The van der Waals surface area contributed by atoms with Crippen LogP contribution in [-0.4, -0.2) is 53.5 Å². The second kappa shape index (κ2) is 9.11. The molecular formula is C19H20O8. The normalized spacial score (nSPS) is 22.1. The van der Waals surface area contributed by atoms with Crippen LogP contribution in [-0.2, 0) is 23.9 Å². The van der Waals surface area contributed by atoms with Gasteiger partial charge >= 0.3 is 17.9 Å². The van der Waals surface area contributed by atoms with Gasteiger partial charge in [-0.05, 0) is 18.2 Å². The topological polar surface area (TPSA) is 119 Å². The number of hydrogen-bond acceptors (Lipinski definition) is 8. The Labute approximate surface area is 155 Å². The first-order valence-electron chi connectivity index (χ1n) is 8.13. The average molecular weight is 376 g/mol. The van der Waals surface area contributed by atoms with Crippen molar-refractivity contribution in [3.8, 4) is 5.75 Å². The predicted octanol–water partition coefficient (Wildman–Crippen LogP) is 0.762. The van der Waals surface area contributed by atoms with Crippen LogP contribution in [0.2, 0.25) is 0 Å². The van der Waals surface area contributed by atoms with Crippen LogP contribution >= 0.6 is 0 Å². The first kappa shape index (κ1) is 20.3. The minimum absolute atomic E-state index is 0.107. The lowest BCUT2D eigenvalue weighted by Gasteiger charge is -2.30. The molecule has 1 aromatic rings. The SMILES string of the molecule is COC(=O)C1=C[C@@H](O)[C@@H](OC(=O)/C=C/c2ccccc2OC(C)=O)[C@H](O)C1. The molecular weight excluding hydrogens is 356 g/mol. The van der Waals surface area contributed by atoms with Crippen molar-refractivity contribution in [2.75, 3.05) is 7.11 Å². The maximum absolute atomic E-state index is 12.0. The molecule has 144 valence electrons. The fourth-order valence-corrected chi connectivity index (χ4v) is 2.57. The van der Waals surface area contributed by atoms with Crippen molar-refractivity contribution in [2.45, 2.75) is 31.7 Å². The lowest BCUT2D eigenvalue weighted by atomic mass is 9.92. The Morgan fingerprint density at radius 1 is 1.19 bits per heavy atom. The summed E-state index contributed by atoms with van der Waals surface area (Å²) < 4.78 is 14.7. The Kier molecular flexibility index (Phi) is 6.86. The summed E-state index contributed by atoms with van der Waals surface area (Å²) >= 11 is 0. The molecule has 0 bridgehead atoms. The summed E-state index contributed by atoms with van der Waals surface area (Å²) in [6.07, 6.45) is -0.284. The zero-order valence-corrected chi connectivity index (χ0v) is 14.8. The number of aliphatic hydroxyl groups is 2. The molecule has 0 fully saturated rings. The highest BCUT2D eigenvalue weighted by Crippen LogP contribution is 2.24. The predicted molar refractivity (Wildman–Crippen MR) is 93.4 cm³/mol. The van der Waals surface area contributed by atoms with E-state index in [4.69, 9.17) is 9.47 Å². The quantitative estimate of drug-likeness (QED) is 0.439. The number of aliphatic hydroxyl groups excluding tert-OH is 2. The van der Waals surface area contributed by atoms with Gasteiger partial charge in [-0.3, -0.25) is 4.79 Å². The second-order valence-corrected chi connectivity index (χ2v) is 5.81. The fraction of sp³-hybridized carbons (Fsp3) is 0.316. The van der Waals surface area contributed by atoms with Crippen LogP contribution < -0.4 is 4.74 Å². The molecule has 3 atom stereocenters. The van der Waals surface area contributed by atoms with E-state index in [0.29, 0.717) is 5.56 Å². The molecule has 0 saturated heterocycles. The van der Waals surface area contributed by atoms with Gasteiger partial charge < -0.3 is 24.4 Å². The van der Waals surface area contributed by atoms with Gasteiger partial charge in [-0.1, -0.05) is 18.2 Å². The molecule has 0 unspecified atom stereocenters. The molecule has 1 aliphatic rings. The largest absolute Gasteiger partial charge is 0.466 e. The van der Waals surface area contributed by atoms with E-state index >= 15 is 0 Å². The van der Waals surface area contributed by atoms with Crippen LogP contribution in [0.1, 0.15) is 18.9 Å². The maximum atomic E-state index is 12.0. The number of para-hydroxylation sites is 1. The third-order valence-electron chi connectivity index (χ3n) is 3.79. The number of rotatable bonds is 5. The van der Waals surface area contributed by atoms with E-state index in [9.17, 15) is 24.6 Å². The van der Waals surface area contributed by atoms with Gasteiger partial charge in [-0.15, -0.1) is 0 Å². The molecule has 1 aliphatic carbocycles. The first-order chi connectivity index (χ1) is 12.8. The number of hydrogen-bond donors (Lipinski definition) is 2. The smallest absolute Gasteiger partial charge is 0.333 e. The minimum Gasteiger partial charge on any atom is -0.466 e. The third-order valence-corrected chi connectivity index (χ3v) is 3.79. The molecule has 0 saturated carbocycles. The standard InChI is InChI=1S/C19H20O8/c1-11(20)26-16-6-4-3-5-12(16)7-8-17(23)27-18-14(21)9-13(10-15(18)22)19(24)25-2/h3-9,14-15,18,21-22H,10H2,1-2H3/b8-7+/t14-,15-,18-/m1/s1. The van der Waals surface area contributed by atoms with Crippen molar-refractivity contribution in [1.29, 1.82) is 0 Å². The van der Waals surface area contributed by atoms with Crippen molar-refractivity contribution in [3.63, 3.8) is 0 Å². The maximum Gasteiger partial charge on any atom is 0.333 e. The molecule has 27 heavy (non-hydrogen) atoms. The van der Waals surface area contributed by atoms with Crippen LogP contribution in [0.4, 0.5) is 0 Å². The Balaban J connectivity index is 2.06. The molecule has 8 nitrogen and oxygen atoms in total. The van der Waals surface area contributed by atoms with Crippen LogP contribution in [0.15, 0.2) is 42.0 Å². The Bertz CT molecular complexity index is 780. The third kappa shape index (κ3) is 5.50. The van der Waals surface area contributed by atoms with Gasteiger partial charge in [0.25, 0.3) is 0 Å². The van der Waals surface area contributed by atoms with Gasteiger partial charge in [-0.25, -0.2) is 9.59 Å². The molecule has 0 aromatic heterocycles. The molecule has 2 rings (SSSR count). The zero-order valence-electron chi connectivity index (χ0n) is 14.8. The van der Waals surface area contributed by atoms with Crippen LogP contribution in [0, 0.1) is 0 Å². The number of carbonyl (C=O) groups is 3. The molecule has 0 spiro atoms. The van der Waals surface area contributed by atoms with Gasteiger partial charge in [0.15, 0.2) is 6.10 Å². The van der Waals surface area contributed by atoms with Crippen molar-refractivity contribution in [1.82, 2.24) is 0 Å². The van der Waals surface area contributed by atoms with Gasteiger partial charge in [0.1, 0.15) is 11.9 Å². The highest BCUT2D eigenvalue weighted by molar-refractivity contribution is 5.89. The summed E-state index contributed by atoms with van der Waals surface area (Å²) in [6, 6.07) is 6.58. The van der Waals surface area contributed by atoms with Gasteiger partial charge in [0.2, 0.25) is 0 Å². The Morgan fingerprint density at radius 3 is 2.52 bits per heavy atom. The number of carbonyl (C=O) groups excluding carboxylic acids is 3. The van der Waals surface area contributed by atoms with Crippen LogP contribution in [0.5, 0.6) is 5.75 Å². The molecule has 0 amide bonds. The van der Waals surface area contributed by atoms with Crippen molar-refractivity contribution in [2.24, 2.45) is 0 Å². The summed E-state index contributed by atoms with van der Waals surface area (Å²) in [5.74, 6) is -1.71. The van der Waals surface area contributed by atoms with Crippen LogP contribution in [0.25, 0.3) is 6.08 Å². The van der Waals surface area contributed by atoms with E-state index in [1.165, 1.54) is 26.2 Å². The molecule has 8 heteroatoms. The van der Waals surface area contributed by atoms with E-state index in [1.807, 2.05) is 0 Å². The molecule has 2 N–H and O–H groups in total. The van der Waals surface area contributed by atoms with E-state index in [1.54, 1.807) is 24.3 Å². The lowest BCUT2D eigenvalue weighted by Crippen LogP contribution is -2.44. The van der Waals surface area contributed by atoms with E-state index in [2.05, 4.69) is 4.74 Å². The highest BCUT2D eigenvalue weighted by Gasteiger charge is 2.36. The number of methoxy groups -OCH3 is 1. The van der Waals surface area contributed by atoms with Gasteiger partial charge in [-0.2, -0.15) is 0 Å². The van der Waals surface area contributed by atoms with Crippen molar-refractivity contribution >= 4 is 24.0 Å². The van der Waals surface area contributed by atoms with Crippen molar-refractivity contribution in [3.05, 3.63) is 47.6 Å². The summed E-state index contributed by atoms with van der Waals surface area (Å²) in [7, 11) is 1.19. The summed E-state index contributed by atoms with van der Waals surface area (Å²) in [5.41, 5.74) is 0.581. The highest BCUT2D eigenvalue weighted by atomic mass is 16.6. The van der Waals surface area contributed by atoms with E-state index in [-0.39, 0.29) is 17.7 Å². The molecule has 0 heterocycles. The minimum atomic E-state index is -1.35. The Morgan fingerprint density at radius 2 is 1.89 bits per heavy atom. The van der Waals surface area contributed by atoms with Gasteiger partial charge in [0, 0.05) is 30.6 Å². The zero-order chi connectivity index (χ0) is 20.0. The van der Waals surface area contributed by atoms with Crippen LogP contribution in [0.3, 0.4) is 0 Å². The van der Waals surface area contributed by atoms with Crippen molar-refractivity contribution < 1.29 is 38.8 Å². The number of ether oxygens (including phenoxy) is 3. The molecule has 1 aromatic carbocycles. The second-order valence-electron chi connectivity index (χ2n) is 5.81.